The van der Waals surface area contributed by atoms with Crippen LogP contribution in [0.5, 0.6) is 0 Å². The number of esters is 6. The van der Waals surface area contributed by atoms with Gasteiger partial charge < -0.3 is 38.6 Å². The molecule has 14 heteroatoms. The Morgan fingerprint density at radius 1 is 0.553 bits per heavy atom. The van der Waals surface area contributed by atoms with Gasteiger partial charge >= 0.3 is 35.8 Å². The second kappa shape index (κ2) is 15.9. The molecule has 0 aliphatic rings. The van der Waals surface area contributed by atoms with Crippen molar-refractivity contribution in [2.75, 3.05) is 26.4 Å². The van der Waals surface area contributed by atoms with Gasteiger partial charge in [-0.05, 0) is 52.0 Å². The van der Waals surface area contributed by atoms with Gasteiger partial charge in [-0.3, -0.25) is 0 Å². The minimum Gasteiger partial charge on any atom is -0.459 e. The highest BCUT2D eigenvalue weighted by atomic mass is 16.6. The van der Waals surface area contributed by atoms with E-state index < -0.39 is 60.2 Å². The third-order valence-electron chi connectivity index (χ3n) is 4.41. The average Bonchev–Trinajstić information content (AvgIpc) is 2.88. The lowest BCUT2D eigenvalue weighted by Gasteiger charge is -2.14. The van der Waals surface area contributed by atoms with E-state index in [9.17, 15) is 28.8 Å². The highest BCUT2D eigenvalue weighted by Gasteiger charge is 2.23. The first-order chi connectivity index (χ1) is 17.8. The van der Waals surface area contributed by atoms with Crippen molar-refractivity contribution in [2.24, 2.45) is 0 Å². The number of carbonyl (C=O) groups is 6. The minimum absolute atomic E-state index is 0.0989. The number of ether oxygens (including phenoxy) is 6. The molecule has 0 heterocycles. The predicted molar refractivity (Wildman–Crippen MR) is 123 cm³/mol. The van der Waals surface area contributed by atoms with Crippen LogP contribution in [0, 0.1) is 0 Å². The summed E-state index contributed by atoms with van der Waals surface area (Å²) in [5.41, 5.74) is 0.198. The molecule has 0 aliphatic heterocycles. The van der Waals surface area contributed by atoms with E-state index in [-0.39, 0.29) is 37.6 Å². The van der Waals surface area contributed by atoms with Gasteiger partial charge in [-0.1, -0.05) is 0 Å². The zero-order valence-corrected chi connectivity index (χ0v) is 21.2. The molecule has 1 aromatic rings. The van der Waals surface area contributed by atoms with Crippen LogP contribution in [-0.2, 0) is 47.6 Å². The normalized spacial score (nSPS) is 13.6. The summed E-state index contributed by atoms with van der Waals surface area (Å²) < 4.78 is 28.9. The summed E-state index contributed by atoms with van der Waals surface area (Å²) in [7, 11) is 0. The predicted octanol–water partition coefficient (Wildman–Crippen LogP) is -0.288. The molecule has 0 aliphatic carbocycles. The molecule has 0 radical (unpaired) electrons. The average molecular weight is 542 g/mol. The first-order valence-electron chi connectivity index (χ1n) is 11.4. The molecule has 0 amide bonds. The standard InChI is InChI=1S/C24H30O14/c1-13(25)19(27)37-15(3)21(29)33-9-11-35-23(31)17-5-7-18(8-6-17)24(32)36-12-10-34-22(30)16(4)38-20(28)14(2)26/h5-8,13-16,25-26H,9-12H2,1-4H3/t13-,14-,15+,16+/m1/s1. The number of hydrogen-bond donors (Lipinski definition) is 2. The molecule has 38 heavy (non-hydrogen) atoms. The van der Waals surface area contributed by atoms with Crippen molar-refractivity contribution in [3.63, 3.8) is 0 Å². The van der Waals surface area contributed by atoms with Crippen molar-refractivity contribution < 1.29 is 67.4 Å². The number of hydrogen-bond acceptors (Lipinski definition) is 14. The Morgan fingerprint density at radius 3 is 1.13 bits per heavy atom. The van der Waals surface area contributed by atoms with Crippen LogP contribution in [0.25, 0.3) is 0 Å². The largest absolute Gasteiger partial charge is 0.459 e. The van der Waals surface area contributed by atoms with Gasteiger partial charge in [-0.15, -0.1) is 0 Å². The number of carbonyl (C=O) groups excluding carboxylic acids is 6. The van der Waals surface area contributed by atoms with Gasteiger partial charge in [0.25, 0.3) is 0 Å². The van der Waals surface area contributed by atoms with Gasteiger partial charge in [0.15, 0.2) is 12.2 Å². The Balaban J connectivity index is 2.36. The van der Waals surface area contributed by atoms with E-state index in [0.29, 0.717) is 0 Å². The summed E-state index contributed by atoms with van der Waals surface area (Å²) in [4.78, 5) is 70.1. The van der Waals surface area contributed by atoms with Crippen LogP contribution in [0.15, 0.2) is 24.3 Å². The maximum absolute atomic E-state index is 12.1. The van der Waals surface area contributed by atoms with Crippen molar-refractivity contribution in [3.8, 4) is 0 Å². The van der Waals surface area contributed by atoms with Gasteiger partial charge in [0.1, 0.15) is 38.6 Å². The molecular formula is C24H30O14. The smallest absolute Gasteiger partial charge is 0.347 e. The molecule has 210 valence electrons. The van der Waals surface area contributed by atoms with E-state index in [2.05, 4.69) is 9.47 Å². The summed E-state index contributed by atoms with van der Waals surface area (Å²) in [5.74, 6) is -5.26. The SMILES string of the molecule is C[C@H](OC(=O)[C@@H](C)O)C(=O)OCCOC(=O)c1ccc(C(=O)OCCOC(=O)[C@H](C)OC(=O)[C@@H](C)O)cc1. The van der Waals surface area contributed by atoms with Crippen molar-refractivity contribution in [1.29, 1.82) is 0 Å². The van der Waals surface area contributed by atoms with Gasteiger partial charge in [0.2, 0.25) is 0 Å². The van der Waals surface area contributed by atoms with Gasteiger partial charge in [-0.25, -0.2) is 28.8 Å². The molecule has 0 unspecified atom stereocenters. The van der Waals surface area contributed by atoms with Crippen molar-refractivity contribution in [1.82, 2.24) is 0 Å². The lowest BCUT2D eigenvalue weighted by molar-refractivity contribution is -0.171. The summed E-state index contributed by atoms with van der Waals surface area (Å²) in [6.45, 7) is 3.68. The second-order valence-corrected chi connectivity index (χ2v) is 7.69. The Bertz CT molecular complexity index is 903. The van der Waals surface area contributed by atoms with Crippen molar-refractivity contribution >= 4 is 35.8 Å². The summed E-state index contributed by atoms with van der Waals surface area (Å²) in [6.07, 6.45) is -5.29. The summed E-state index contributed by atoms with van der Waals surface area (Å²) >= 11 is 0. The zero-order chi connectivity index (χ0) is 28.8. The maximum atomic E-state index is 12.1. The molecule has 1 rings (SSSR count). The van der Waals surface area contributed by atoms with Crippen molar-refractivity contribution in [3.05, 3.63) is 35.4 Å². The van der Waals surface area contributed by atoms with Gasteiger partial charge in [0, 0.05) is 0 Å². The third kappa shape index (κ3) is 11.3. The van der Waals surface area contributed by atoms with Crippen LogP contribution in [0.2, 0.25) is 0 Å². The van der Waals surface area contributed by atoms with Crippen LogP contribution in [0.1, 0.15) is 48.4 Å². The minimum atomic E-state index is -1.39. The fraction of sp³-hybridized carbons (Fsp3) is 0.500. The van der Waals surface area contributed by atoms with E-state index >= 15 is 0 Å². The van der Waals surface area contributed by atoms with Gasteiger partial charge in [-0.2, -0.15) is 0 Å². The number of benzene rings is 1. The number of rotatable bonds is 14. The first kappa shape index (κ1) is 32.0. The van der Waals surface area contributed by atoms with Crippen LogP contribution in [0.3, 0.4) is 0 Å². The molecule has 0 saturated carbocycles. The molecule has 0 saturated heterocycles. The van der Waals surface area contributed by atoms with E-state index in [0.717, 1.165) is 0 Å². The molecule has 14 nitrogen and oxygen atoms in total. The zero-order valence-electron chi connectivity index (χ0n) is 21.2. The maximum Gasteiger partial charge on any atom is 0.347 e. The van der Waals surface area contributed by atoms with E-state index in [1.807, 2.05) is 0 Å². The van der Waals surface area contributed by atoms with Crippen LogP contribution >= 0.6 is 0 Å². The highest BCUT2D eigenvalue weighted by molar-refractivity contribution is 5.93. The second-order valence-electron chi connectivity index (χ2n) is 7.69. The quantitative estimate of drug-likeness (QED) is 0.177. The first-order valence-corrected chi connectivity index (χ1v) is 11.4. The molecule has 0 spiro atoms. The van der Waals surface area contributed by atoms with E-state index in [1.165, 1.54) is 52.0 Å². The van der Waals surface area contributed by atoms with Crippen LogP contribution in [-0.4, -0.2) is 96.9 Å². The highest BCUT2D eigenvalue weighted by Crippen LogP contribution is 2.08. The topological polar surface area (TPSA) is 198 Å². The van der Waals surface area contributed by atoms with Gasteiger partial charge in [0.05, 0.1) is 11.1 Å². The van der Waals surface area contributed by atoms with Crippen LogP contribution in [0.4, 0.5) is 0 Å². The summed E-state index contributed by atoms with van der Waals surface area (Å²) in [5, 5.41) is 18.1. The number of aliphatic hydroxyl groups is 2. The molecule has 2 N–H and O–H groups in total. The molecule has 0 bridgehead atoms. The van der Waals surface area contributed by atoms with Crippen LogP contribution < -0.4 is 0 Å². The van der Waals surface area contributed by atoms with E-state index in [1.54, 1.807) is 0 Å². The lowest BCUT2D eigenvalue weighted by atomic mass is 10.1. The Morgan fingerprint density at radius 2 is 0.842 bits per heavy atom. The molecule has 1 aromatic carbocycles. The Kier molecular flexibility index (Phi) is 13.4. The number of aliphatic hydroxyl groups excluding tert-OH is 2. The molecule has 4 atom stereocenters. The Hall–Kier alpha value is -4.04. The molecule has 0 aromatic heterocycles. The molecule has 0 fully saturated rings. The third-order valence-corrected chi connectivity index (χ3v) is 4.41. The van der Waals surface area contributed by atoms with E-state index in [4.69, 9.17) is 29.2 Å². The van der Waals surface area contributed by atoms with Crippen molar-refractivity contribution in [2.45, 2.75) is 52.1 Å². The molecular weight excluding hydrogens is 512 g/mol. The summed E-state index contributed by atoms with van der Waals surface area (Å²) in [6, 6.07) is 5.23. The fourth-order valence-electron chi connectivity index (χ4n) is 2.34. The fourth-order valence-corrected chi connectivity index (χ4v) is 2.34. The monoisotopic (exact) mass is 542 g/mol. The Labute approximate surface area is 217 Å². The lowest BCUT2D eigenvalue weighted by Crippen LogP contribution is -2.31.